The molecule has 0 spiro atoms. The van der Waals surface area contributed by atoms with Gasteiger partial charge in [0, 0.05) is 17.5 Å². The van der Waals surface area contributed by atoms with Crippen molar-refractivity contribution in [1.82, 2.24) is 25.2 Å². The summed E-state index contributed by atoms with van der Waals surface area (Å²) in [5, 5.41) is 10.9. The normalized spacial score (nSPS) is 18.4. The minimum absolute atomic E-state index is 0.194. The van der Waals surface area contributed by atoms with Crippen LogP contribution in [0.2, 0.25) is 0 Å². The highest BCUT2D eigenvalue weighted by Crippen LogP contribution is 2.34. The predicted molar refractivity (Wildman–Crippen MR) is 126 cm³/mol. The maximum absolute atomic E-state index is 13.0. The Hall–Kier alpha value is -4.01. The summed E-state index contributed by atoms with van der Waals surface area (Å²) in [6.07, 6.45) is 4.24. The van der Waals surface area contributed by atoms with Gasteiger partial charge < -0.3 is 9.64 Å². The van der Waals surface area contributed by atoms with Gasteiger partial charge in [-0.05, 0) is 37.0 Å². The molecule has 3 amide bonds. The third kappa shape index (κ3) is 4.66. The van der Waals surface area contributed by atoms with Crippen molar-refractivity contribution in [2.45, 2.75) is 57.8 Å². The molecule has 0 aliphatic carbocycles. The summed E-state index contributed by atoms with van der Waals surface area (Å²) in [7, 11) is 0. The quantitative estimate of drug-likeness (QED) is 0.504. The van der Waals surface area contributed by atoms with E-state index in [0.29, 0.717) is 23.4 Å². The number of hydrogen-bond donors (Lipinski definition) is 1. The summed E-state index contributed by atoms with van der Waals surface area (Å²) in [5.74, 6) is -0.377. The molecule has 1 unspecified atom stereocenters. The number of fused-ring (bicyclic) bond motifs is 1. The second-order valence-corrected chi connectivity index (χ2v) is 8.91. The van der Waals surface area contributed by atoms with E-state index in [0.717, 1.165) is 18.4 Å². The van der Waals surface area contributed by atoms with Crippen LogP contribution in [-0.4, -0.2) is 43.7 Å². The lowest BCUT2D eigenvalue weighted by atomic mass is 10.0. The van der Waals surface area contributed by atoms with Crippen LogP contribution in [0.25, 0.3) is 0 Å². The Bertz CT molecular complexity index is 1260. The van der Waals surface area contributed by atoms with Gasteiger partial charge >= 0.3 is 0 Å². The Labute approximate surface area is 203 Å². The van der Waals surface area contributed by atoms with E-state index in [1.54, 1.807) is 12.1 Å². The number of hydrogen-bond acceptors (Lipinski definition) is 6. The molecule has 0 radical (unpaired) electrons. The summed E-state index contributed by atoms with van der Waals surface area (Å²) < 4.78 is 7.94. The fourth-order valence-corrected chi connectivity index (χ4v) is 4.71. The minimum atomic E-state index is -0.657. The number of rotatable bonds is 8. The summed E-state index contributed by atoms with van der Waals surface area (Å²) in [6.45, 7) is 2.60. The van der Waals surface area contributed by atoms with Crippen LogP contribution in [0.4, 0.5) is 0 Å². The Morgan fingerprint density at radius 3 is 2.71 bits per heavy atom. The zero-order valence-electron chi connectivity index (χ0n) is 19.5. The highest BCUT2D eigenvalue weighted by Gasteiger charge is 2.40. The van der Waals surface area contributed by atoms with Crippen LogP contribution in [-0.2, 0) is 29.2 Å². The number of imide groups is 1. The predicted octanol–water partition coefficient (Wildman–Crippen LogP) is 2.81. The molecule has 2 aliphatic rings. The summed E-state index contributed by atoms with van der Waals surface area (Å²) in [5.41, 5.74) is 3.20. The van der Waals surface area contributed by atoms with Crippen molar-refractivity contribution in [2.24, 2.45) is 0 Å². The standard InChI is InChI=1S/C26H27N5O4/c1-2-19(13-17-7-4-3-5-8-17)31-14-18(28-29-31)16-35-23-10-6-9-20-21(23)15-30(26(20)34)22-11-12-24(32)27-25(22)33/h3-10,14,19,22H,2,11-13,15-16H2,1H3,(H,27,32,33)/t19-,22?/m1/s1. The zero-order chi connectivity index (χ0) is 24.4. The van der Waals surface area contributed by atoms with Crippen molar-refractivity contribution < 1.29 is 19.1 Å². The molecule has 1 aromatic heterocycles. The molecule has 9 heteroatoms. The van der Waals surface area contributed by atoms with Gasteiger partial charge in [-0.3, -0.25) is 19.7 Å². The fraction of sp³-hybridized carbons (Fsp3) is 0.346. The van der Waals surface area contributed by atoms with Crippen molar-refractivity contribution in [3.8, 4) is 5.75 Å². The Morgan fingerprint density at radius 1 is 1.11 bits per heavy atom. The number of amides is 3. The molecule has 2 aromatic carbocycles. The number of aromatic nitrogens is 3. The van der Waals surface area contributed by atoms with Crippen molar-refractivity contribution in [3.63, 3.8) is 0 Å². The first-order chi connectivity index (χ1) is 17.0. The van der Waals surface area contributed by atoms with Gasteiger partial charge in [0.1, 0.15) is 24.1 Å². The topological polar surface area (TPSA) is 106 Å². The van der Waals surface area contributed by atoms with Gasteiger partial charge in [-0.15, -0.1) is 5.10 Å². The third-order valence-electron chi connectivity index (χ3n) is 6.63. The van der Waals surface area contributed by atoms with Crippen LogP contribution in [0, 0.1) is 0 Å². The molecular formula is C26H27N5O4. The van der Waals surface area contributed by atoms with Crippen molar-refractivity contribution >= 4 is 17.7 Å². The molecule has 1 N–H and O–H groups in total. The molecule has 3 aromatic rings. The van der Waals surface area contributed by atoms with Gasteiger partial charge in [-0.1, -0.05) is 48.5 Å². The molecule has 5 rings (SSSR count). The Kier molecular flexibility index (Phi) is 6.31. The average molecular weight is 474 g/mol. The van der Waals surface area contributed by atoms with Crippen LogP contribution in [0.1, 0.15) is 59.4 Å². The highest BCUT2D eigenvalue weighted by atomic mass is 16.5. The van der Waals surface area contributed by atoms with Crippen molar-refractivity contribution in [3.05, 3.63) is 77.1 Å². The van der Waals surface area contributed by atoms with Crippen LogP contribution in [0.15, 0.2) is 54.7 Å². The van der Waals surface area contributed by atoms with Crippen molar-refractivity contribution in [1.29, 1.82) is 0 Å². The lowest BCUT2D eigenvalue weighted by Gasteiger charge is -2.29. The van der Waals surface area contributed by atoms with Gasteiger partial charge in [0.05, 0.1) is 18.8 Å². The summed E-state index contributed by atoms with van der Waals surface area (Å²) in [4.78, 5) is 38.3. The van der Waals surface area contributed by atoms with E-state index < -0.39 is 11.9 Å². The van der Waals surface area contributed by atoms with Gasteiger partial charge in [0.2, 0.25) is 11.8 Å². The maximum atomic E-state index is 13.0. The fourth-order valence-electron chi connectivity index (χ4n) is 4.71. The minimum Gasteiger partial charge on any atom is -0.487 e. The largest absolute Gasteiger partial charge is 0.487 e. The van der Waals surface area contributed by atoms with Gasteiger partial charge in [0.15, 0.2) is 0 Å². The van der Waals surface area contributed by atoms with Crippen LogP contribution < -0.4 is 10.1 Å². The van der Waals surface area contributed by atoms with E-state index in [1.165, 1.54) is 10.5 Å². The number of carbonyl (C=O) groups excluding carboxylic acids is 3. The molecular weight excluding hydrogens is 446 g/mol. The Morgan fingerprint density at radius 2 is 1.94 bits per heavy atom. The number of ether oxygens (including phenoxy) is 1. The van der Waals surface area contributed by atoms with Crippen LogP contribution >= 0.6 is 0 Å². The zero-order valence-corrected chi connectivity index (χ0v) is 19.5. The summed E-state index contributed by atoms with van der Waals surface area (Å²) in [6, 6.07) is 15.2. The first kappa shape index (κ1) is 22.8. The van der Waals surface area contributed by atoms with E-state index in [-0.39, 0.29) is 37.4 Å². The SMILES string of the molecule is CC[C@H](Cc1ccccc1)n1cc(COc2cccc3c2CN(C2CCC(=O)NC2=O)C3=O)nn1. The molecule has 9 nitrogen and oxygen atoms in total. The lowest BCUT2D eigenvalue weighted by Crippen LogP contribution is -2.52. The molecule has 1 fully saturated rings. The lowest BCUT2D eigenvalue weighted by molar-refractivity contribution is -0.136. The van der Waals surface area contributed by atoms with E-state index in [2.05, 4.69) is 34.7 Å². The average Bonchev–Trinajstić information content (AvgIpc) is 3.47. The number of piperidine rings is 1. The van der Waals surface area contributed by atoms with E-state index in [4.69, 9.17) is 4.74 Å². The molecule has 1 saturated heterocycles. The molecule has 2 atom stereocenters. The highest BCUT2D eigenvalue weighted by molar-refractivity contribution is 6.05. The maximum Gasteiger partial charge on any atom is 0.255 e. The second kappa shape index (κ2) is 9.69. The molecule has 0 saturated carbocycles. The smallest absolute Gasteiger partial charge is 0.255 e. The number of nitrogens with zero attached hydrogens (tertiary/aromatic N) is 4. The third-order valence-corrected chi connectivity index (χ3v) is 6.63. The van der Waals surface area contributed by atoms with Crippen LogP contribution in [0.3, 0.4) is 0 Å². The van der Waals surface area contributed by atoms with Gasteiger partial charge in [-0.25, -0.2) is 4.68 Å². The molecule has 3 heterocycles. The van der Waals surface area contributed by atoms with E-state index in [1.807, 2.05) is 35.1 Å². The monoisotopic (exact) mass is 473 g/mol. The Balaban J connectivity index is 1.26. The number of carbonyl (C=O) groups is 3. The molecule has 35 heavy (non-hydrogen) atoms. The van der Waals surface area contributed by atoms with Crippen molar-refractivity contribution in [2.75, 3.05) is 0 Å². The first-order valence-electron chi connectivity index (χ1n) is 11.9. The number of nitrogens with one attached hydrogen (secondary N) is 1. The van der Waals surface area contributed by atoms with E-state index in [9.17, 15) is 14.4 Å². The number of benzene rings is 2. The van der Waals surface area contributed by atoms with Crippen LogP contribution in [0.5, 0.6) is 5.75 Å². The van der Waals surface area contributed by atoms with E-state index >= 15 is 0 Å². The molecule has 2 aliphatic heterocycles. The molecule has 180 valence electrons. The summed E-state index contributed by atoms with van der Waals surface area (Å²) >= 11 is 0. The second-order valence-electron chi connectivity index (χ2n) is 8.91. The van der Waals surface area contributed by atoms with Gasteiger partial charge in [0.25, 0.3) is 5.91 Å². The molecule has 0 bridgehead atoms. The van der Waals surface area contributed by atoms with Gasteiger partial charge in [-0.2, -0.15) is 0 Å². The first-order valence-corrected chi connectivity index (χ1v) is 11.9.